The lowest BCUT2D eigenvalue weighted by molar-refractivity contribution is 0.391. The fourth-order valence-corrected chi connectivity index (χ4v) is 2.26. The molecule has 94 valence electrons. The van der Waals surface area contributed by atoms with Crippen LogP contribution in [0.4, 0.5) is 5.82 Å². The maximum absolute atomic E-state index is 5.21. The number of hydrogen-bond acceptors (Lipinski definition) is 6. The van der Waals surface area contributed by atoms with Crippen LogP contribution in [0.5, 0.6) is 5.88 Å². The van der Waals surface area contributed by atoms with Gasteiger partial charge in [-0.3, -0.25) is 0 Å². The SMILES string of the molecule is COc1cc(N2CCN[C@@H](C)C2)nc(SC)n1. The van der Waals surface area contributed by atoms with Crippen molar-refractivity contribution >= 4 is 17.6 Å². The van der Waals surface area contributed by atoms with Crippen molar-refractivity contribution < 1.29 is 4.74 Å². The number of ether oxygens (including phenoxy) is 1. The minimum absolute atomic E-state index is 0.488. The maximum Gasteiger partial charge on any atom is 0.219 e. The Morgan fingerprint density at radius 1 is 1.53 bits per heavy atom. The van der Waals surface area contributed by atoms with Gasteiger partial charge in [-0.1, -0.05) is 11.8 Å². The molecule has 2 rings (SSSR count). The van der Waals surface area contributed by atoms with Gasteiger partial charge in [0.2, 0.25) is 5.88 Å². The number of nitrogens with one attached hydrogen (secondary N) is 1. The summed E-state index contributed by atoms with van der Waals surface area (Å²) in [6, 6.07) is 2.39. The van der Waals surface area contributed by atoms with Gasteiger partial charge < -0.3 is 15.0 Å². The van der Waals surface area contributed by atoms with Crippen LogP contribution in [0.1, 0.15) is 6.92 Å². The average Bonchev–Trinajstić information content (AvgIpc) is 2.38. The van der Waals surface area contributed by atoms with Gasteiger partial charge in [-0.05, 0) is 13.2 Å². The topological polar surface area (TPSA) is 50.3 Å². The van der Waals surface area contributed by atoms with Gasteiger partial charge in [0, 0.05) is 31.7 Å². The van der Waals surface area contributed by atoms with E-state index in [0.717, 1.165) is 30.6 Å². The van der Waals surface area contributed by atoms with Gasteiger partial charge in [0.15, 0.2) is 5.16 Å². The van der Waals surface area contributed by atoms with Gasteiger partial charge in [-0.15, -0.1) is 0 Å². The van der Waals surface area contributed by atoms with Crippen LogP contribution >= 0.6 is 11.8 Å². The molecule has 0 aliphatic carbocycles. The molecule has 0 radical (unpaired) electrons. The first-order valence-electron chi connectivity index (χ1n) is 5.68. The fraction of sp³-hybridized carbons (Fsp3) is 0.636. The molecule has 1 aromatic rings. The zero-order chi connectivity index (χ0) is 12.3. The molecule has 0 spiro atoms. The Hall–Kier alpha value is -1.01. The summed E-state index contributed by atoms with van der Waals surface area (Å²) in [5, 5.41) is 4.17. The van der Waals surface area contributed by atoms with Gasteiger partial charge in [0.25, 0.3) is 0 Å². The van der Waals surface area contributed by atoms with Crippen molar-refractivity contribution in [1.82, 2.24) is 15.3 Å². The highest BCUT2D eigenvalue weighted by atomic mass is 32.2. The number of aromatic nitrogens is 2. The third kappa shape index (κ3) is 3.01. The molecule has 0 aromatic carbocycles. The smallest absolute Gasteiger partial charge is 0.219 e. The van der Waals surface area contributed by atoms with E-state index in [1.54, 1.807) is 7.11 Å². The first-order valence-corrected chi connectivity index (χ1v) is 6.91. The number of rotatable bonds is 3. The van der Waals surface area contributed by atoms with Gasteiger partial charge in [-0.25, -0.2) is 4.98 Å². The number of thioether (sulfide) groups is 1. The van der Waals surface area contributed by atoms with E-state index in [1.165, 1.54) is 11.8 Å². The number of methoxy groups -OCH3 is 1. The summed E-state index contributed by atoms with van der Waals surface area (Å²) in [6.45, 7) is 5.11. The monoisotopic (exact) mass is 254 g/mol. The largest absolute Gasteiger partial charge is 0.481 e. The van der Waals surface area contributed by atoms with E-state index in [-0.39, 0.29) is 0 Å². The Morgan fingerprint density at radius 3 is 3.00 bits per heavy atom. The minimum Gasteiger partial charge on any atom is -0.481 e. The van der Waals surface area contributed by atoms with Crippen LogP contribution in [0.15, 0.2) is 11.2 Å². The second-order valence-corrected chi connectivity index (χ2v) is 4.83. The van der Waals surface area contributed by atoms with Gasteiger partial charge in [0.1, 0.15) is 5.82 Å². The normalized spacial score (nSPS) is 20.4. The van der Waals surface area contributed by atoms with Crippen LogP contribution in [-0.4, -0.2) is 49.0 Å². The number of piperazine rings is 1. The Bertz CT molecular complexity index is 365. The van der Waals surface area contributed by atoms with Crippen LogP contribution < -0.4 is 15.0 Å². The summed E-state index contributed by atoms with van der Waals surface area (Å²) >= 11 is 1.53. The third-order valence-corrected chi connectivity index (χ3v) is 3.30. The summed E-state index contributed by atoms with van der Waals surface area (Å²) in [5.74, 6) is 1.58. The summed E-state index contributed by atoms with van der Waals surface area (Å²) in [4.78, 5) is 11.1. The first-order chi connectivity index (χ1) is 8.22. The molecule has 1 saturated heterocycles. The second kappa shape index (κ2) is 5.55. The Balaban J connectivity index is 2.23. The first kappa shape index (κ1) is 12.4. The highest BCUT2D eigenvalue weighted by molar-refractivity contribution is 7.98. The zero-order valence-corrected chi connectivity index (χ0v) is 11.3. The highest BCUT2D eigenvalue weighted by Gasteiger charge is 2.18. The number of hydrogen-bond donors (Lipinski definition) is 1. The van der Waals surface area contributed by atoms with Crippen molar-refractivity contribution in [3.05, 3.63) is 6.07 Å². The Morgan fingerprint density at radius 2 is 2.35 bits per heavy atom. The molecule has 0 amide bonds. The molecule has 1 atom stereocenters. The molecule has 5 nitrogen and oxygen atoms in total. The Kier molecular flexibility index (Phi) is 4.06. The number of nitrogens with zero attached hydrogens (tertiary/aromatic N) is 3. The van der Waals surface area contributed by atoms with Crippen molar-refractivity contribution in [3.63, 3.8) is 0 Å². The maximum atomic E-state index is 5.21. The van der Waals surface area contributed by atoms with Crippen LogP contribution in [-0.2, 0) is 0 Å². The summed E-state index contributed by atoms with van der Waals surface area (Å²) in [7, 11) is 1.64. The summed E-state index contributed by atoms with van der Waals surface area (Å²) < 4.78 is 5.21. The molecule has 0 unspecified atom stereocenters. The van der Waals surface area contributed by atoms with E-state index in [9.17, 15) is 0 Å². The molecule has 1 aliphatic rings. The molecule has 1 fully saturated rings. The molecular formula is C11H18N4OS. The van der Waals surface area contributed by atoms with E-state index in [1.807, 2.05) is 12.3 Å². The molecule has 17 heavy (non-hydrogen) atoms. The second-order valence-electron chi connectivity index (χ2n) is 4.06. The van der Waals surface area contributed by atoms with E-state index in [0.29, 0.717) is 11.9 Å². The molecule has 6 heteroatoms. The predicted octanol–water partition coefficient (Wildman–Crippen LogP) is 1.01. The average molecular weight is 254 g/mol. The van der Waals surface area contributed by atoms with Crippen LogP contribution in [0.3, 0.4) is 0 Å². The van der Waals surface area contributed by atoms with Crippen LogP contribution in [0.25, 0.3) is 0 Å². The molecule has 1 aromatic heterocycles. The molecule has 0 bridgehead atoms. The molecule has 1 aliphatic heterocycles. The lowest BCUT2D eigenvalue weighted by Crippen LogP contribution is -2.49. The molecular weight excluding hydrogens is 236 g/mol. The third-order valence-electron chi connectivity index (χ3n) is 2.75. The van der Waals surface area contributed by atoms with E-state index >= 15 is 0 Å². The van der Waals surface area contributed by atoms with E-state index in [2.05, 4.69) is 27.1 Å². The van der Waals surface area contributed by atoms with E-state index < -0.39 is 0 Å². The van der Waals surface area contributed by atoms with Gasteiger partial charge in [-0.2, -0.15) is 4.98 Å². The van der Waals surface area contributed by atoms with Crippen molar-refractivity contribution in [2.24, 2.45) is 0 Å². The molecule has 2 heterocycles. The zero-order valence-electron chi connectivity index (χ0n) is 10.4. The van der Waals surface area contributed by atoms with Crippen molar-refractivity contribution in [1.29, 1.82) is 0 Å². The fourth-order valence-electron chi connectivity index (χ4n) is 1.89. The molecule has 0 saturated carbocycles. The molecule has 1 N–H and O–H groups in total. The van der Waals surface area contributed by atoms with Crippen molar-refractivity contribution in [2.75, 3.05) is 37.9 Å². The quantitative estimate of drug-likeness (QED) is 0.641. The van der Waals surface area contributed by atoms with Gasteiger partial charge >= 0.3 is 0 Å². The summed E-state index contributed by atoms with van der Waals surface area (Å²) in [6.07, 6.45) is 1.97. The summed E-state index contributed by atoms with van der Waals surface area (Å²) in [5.41, 5.74) is 0. The van der Waals surface area contributed by atoms with E-state index in [4.69, 9.17) is 4.74 Å². The Labute approximate surface area is 106 Å². The van der Waals surface area contributed by atoms with Crippen molar-refractivity contribution in [3.8, 4) is 5.88 Å². The number of anilines is 1. The standard InChI is InChI=1S/C11H18N4OS/c1-8-7-15(5-4-12-8)9-6-10(16-2)14-11(13-9)17-3/h6,8,12H,4-5,7H2,1-3H3/t8-/m0/s1. The lowest BCUT2D eigenvalue weighted by Gasteiger charge is -2.32. The van der Waals surface area contributed by atoms with Gasteiger partial charge in [0.05, 0.1) is 7.11 Å². The van der Waals surface area contributed by atoms with Crippen LogP contribution in [0, 0.1) is 0 Å². The highest BCUT2D eigenvalue weighted by Crippen LogP contribution is 2.22. The lowest BCUT2D eigenvalue weighted by atomic mass is 10.2. The predicted molar refractivity (Wildman–Crippen MR) is 70.0 cm³/mol. The van der Waals surface area contributed by atoms with Crippen LogP contribution in [0.2, 0.25) is 0 Å². The minimum atomic E-state index is 0.488. The van der Waals surface area contributed by atoms with Crippen molar-refractivity contribution in [2.45, 2.75) is 18.1 Å².